The molecule has 0 bridgehead atoms. The molecule has 7 heteroatoms. The van der Waals surface area contributed by atoms with Gasteiger partial charge in [-0.3, -0.25) is 9.98 Å². The first-order valence-electron chi connectivity index (χ1n) is 10.4. The number of anilines is 2. The molecule has 0 saturated heterocycles. The van der Waals surface area contributed by atoms with Gasteiger partial charge in [0.05, 0.1) is 39.7 Å². The van der Waals surface area contributed by atoms with Crippen molar-refractivity contribution in [3.05, 3.63) is 90.4 Å². The normalized spacial score (nSPS) is 12.1. The third kappa shape index (κ3) is 3.80. The summed E-state index contributed by atoms with van der Waals surface area (Å²) in [5.41, 5.74) is 5.06. The Bertz CT molecular complexity index is 1430. The number of fused-ring (bicyclic) bond motifs is 2. The van der Waals surface area contributed by atoms with Crippen LogP contribution in [0.2, 0.25) is 0 Å². The molecule has 0 spiro atoms. The fourth-order valence-corrected chi connectivity index (χ4v) is 3.70. The molecule has 6 nitrogen and oxygen atoms in total. The van der Waals surface area contributed by atoms with E-state index in [2.05, 4.69) is 19.9 Å². The van der Waals surface area contributed by atoms with Crippen LogP contribution < -0.4 is 10.7 Å². The molecule has 158 valence electrons. The lowest BCUT2D eigenvalue weighted by atomic mass is 10.1. The molecule has 0 radical (unpaired) electrons. The molecule has 1 aliphatic carbocycles. The van der Waals surface area contributed by atoms with Gasteiger partial charge in [0.25, 0.3) is 0 Å². The molecule has 32 heavy (non-hydrogen) atoms. The molecule has 2 heterocycles. The van der Waals surface area contributed by atoms with Gasteiger partial charge in [0.2, 0.25) is 0 Å². The monoisotopic (exact) mass is 424 g/mol. The zero-order valence-electron chi connectivity index (χ0n) is 17.7. The van der Waals surface area contributed by atoms with Crippen molar-refractivity contribution in [1.29, 1.82) is 0 Å². The molecular weight excluding hydrogens is 403 g/mol. The van der Waals surface area contributed by atoms with E-state index in [9.17, 15) is 4.39 Å². The number of rotatable bonds is 4. The molecule has 0 unspecified atom stereocenters. The number of nitrogens with one attached hydrogen (secondary N) is 1. The van der Waals surface area contributed by atoms with Crippen molar-refractivity contribution >= 4 is 22.5 Å². The molecule has 1 aliphatic heterocycles. The van der Waals surface area contributed by atoms with Gasteiger partial charge in [-0.15, -0.1) is 0 Å². The molecule has 2 aromatic carbocycles. The predicted octanol–water partition coefficient (Wildman–Crippen LogP) is 5.11. The third-order valence-electron chi connectivity index (χ3n) is 5.01. The topological polar surface area (TPSA) is 68.0 Å². The van der Waals surface area contributed by atoms with Crippen molar-refractivity contribution in [3.63, 3.8) is 0 Å². The van der Waals surface area contributed by atoms with E-state index >= 15 is 0 Å². The van der Waals surface area contributed by atoms with Crippen molar-refractivity contribution < 1.29 is 4.39 Å². The number of hydrogen-bond donors (Lipinski definition) is 1. The van der Waals surface area contributed by atoms with Gasteiger partial charge in [-0.1, -0.05) is 12.1 Å². The summed E-state index contributed by atoms with van der Waals surface area (Å²) in [7, 11) is 0. The largest absolute Gasteiger partial charge is 0.337 e. The lowest BCUT2D eigenvalue weighted by Gasteiger charge is -2.20. The van der Waals surface area contributed by atoms with Gasteiger partial charge in [0.1, 0.15) is 11.6 Å². The maximum absolute atomic E-state index is 13.6. The lowest BCUT2D eigenvalue weighted by Crippen LogP contribution is -2.16. The summed E-state index contributed by atoms with van der Waals surface area (Å²) in [4.78, 5) is 18.2. The first-order chi connectivity index (χ1) is 15.6. The van der Waals surface area contributed by atoms with Crippen LogP contribution in [0.3, 0.4) is 0 Å². The Labute approximate surface area is 184 Å². The number of hydrogen-bond acceptors (Lipinski definition) is 5. The van der Waals surface area contributed by atoms with Crippen LogP contribution in [0.5, 0.6) is 0 Å². The zero-order chi connectivity index (χ0) is 22.1. The highest BCUT2D eigenvalue weighted by atomic mass is 19.1. The molecule has 0 fully saturated rings. The predicted molar refractivity (Wildman–Crippen MR) is 124 cm³/mol. The van der Waals surface area contributed by atoms with Crippen LogP contribution in [0, 0.1) is 5.82 Å². The van der Waals surface area contributed by atoms with Crippen LogP contribution in [-0.2, 0) is 0 Å². The maximum atomic E-state index is 13.6. The standard InChI is InChI=1S/C25H21FN6/c1-16(2)29-21-14-24-22(13-20(21)31-25-15-27-11-12-28-25)30-19-5-3-4-6-23(19)32(24)18-9-7-17(26)8-10-18/h3-16H,1-2H3,(H,28,31). The van der Waals surface area contributed by atoms with Gasteiger partial charge in [0.15, 0.2) is 0 Å². The molecule has 2 aliphatic rings. The van der Waals surface area contributed by atoms with Gasteiger partial charge in [0, 0.05) is 24.1 Å². The second kappa shape index (κ2) is 8.19. The minimum absolute atomic E-state index is 0.0857. The van der Waals surface area contributed by atoms with Crippen LogP contribution in [-0.4, -0.2) is 25.6 Å². The average Bonchev–Trinajstić information content (AvgIpc) is 2.79. The number of halogens is 1. The Kier molecular flexibility index (Phi) is 5.07. The summed E-state index contributed by atoms with van der Waals surface area (Å²) in [6.07, 6.45) is 4.93. The third-order valence-corrected chi connectivity index (χ3v) is 5.01. The Morgan fingerprint density at radius 2 is 1.81 bits per heavy atom. The van der Waals surface area contributed by atoms with Gasteiger partial charge < -0.3 is 9.88 Å². The van der Waals surface area contributed by atoms with E-state index in [1.807, 2.05) is 50.2 Å². The minimum atomic E-state index is -0.275. The Morgan fingerprint density at radius 3 is 2.56 bits per heavy atom. The van der Waals surface area contributed by atoms with E-state index in [0.717, 1.165) is 39.2 Å². The summed E-state index contributed by atoms with van der Waals surface area (Å²) in [6.45, 7) is 4.06. The summed E-state index contributed by atoms with van der Waals surface area (Å²) in [5.74, 6) is 0.349. The molecule has 0 saturated carbocycles. The number of aromatic nitrogens is 4. The van der Waals surface area contributed by atoms with E-state index in [4.69, 9.17) is 9.98 Å². The van der Waals surface area contributed by atoms with E-state index in [-0.39, 0.29) is 11.9 Å². The molecule has 1 aromatic heterocycles. The van der Waals surface area contributed by atoms with Crippen molar-refractivity contribution in [2.24, 2.45) is 4.99 Å². The number of nitrogens with zero attached hydrogens (tertiary/aromatic N) is 5. The molecule has 0 amide bonds. The minimum Gasteiger partial charge on any atom is -0.337 e. The van der Waals surface area contributed by atoms with Crippen LogP contribution >= 0.6 is 0 Å². The average molecular weight is 424 g/mol. The van der Waals surface area contributed by atoms with Crippen molar-refractivity contribution in [3.8, 4) is 17.1 Å². The van der Waals surface area contributed by atoms with Crippen LogP contribution in [0.1, 0.15) is 13.8 Å². The molecule has 1 N–H and O–H groups in total. The van der Waals surface area contributed by atoms with E-state index in [1.165, 1.54) is 12.1 Å². The Hall–Kier alpha value is -4.13. The van der Waals surface area contributed by atoms with Crippen LogP contribution in [0.25, 0.3) is 28.1 Å². The summed E-state index contributed by atoms with van der Waals surface area (Å²) in [6, 6.07) is 18.4. The van der Waals surface area contributed by atoms with Gasteiger partial charge in [-0.2, -0.15) is 0 Å². The molecular formula is C25H21FN6. The first-order valence-corrected chi connectivity index (χ1v) is 10.4. The maximum Gasteiger partial charge on any atom is 0.148 e. The van der Waals surface area contributed by atoms with Crippen molar-refractivity contribution in [2.45, 2.75) is 19.9 Å². The van der Waals surface area contributed by atoms with Gasteiger partial charge in [-0.25, -0.2) is 14.4 Å². The fraction of sp³-hybridized carbons (Fsp3) is 0.120. The highest BCUT2D eigenvalue weighted by molar-refractivity contribution is 5.84. The fourth-order valence-electron chi connectivity index (χ4n) is 3.70. The summed E-state index contributed by atoms with van der Waals surface area (Å²) in [5, 5.41) is 4.10. The SMILES string of the molecule is CC(C)N=c1cc2n(-c3ccc(F)cc3)c3ccccc3nc-2cc1Nc1cnccn1. The lowest BCUT2D eigenvalue weighted by molar-refractivity contribution is 0.627. The van der Waals surface area contributed by atoms with Crippen LogP contribution in [0.4, 0.5) is 15.9 Å². The van der Waals surface area contributed by atoms with Crippen molar-refractivity contribution in [2.75, 3.05) is 5.32 Å². The highest BCUT2D eigenvalue weighted by Gasteiger charge is 2.17. The van der Waals surface area contributed by atoms with Crippen LogP contribution in [0.15, 0.2) is 84.2 Å². The van der Waals surface area contributed by atoms with E-state index in [1.54, 1.807) is 30.7 Å². The zero-order valence-corrected chi connectivity index (χ0v) is 17.7. The summed E-state index contributed by atoms with van der Waals surface area (Å²) >= 11 is 0. The smallest absolute Gasteiger partial charge is 0.148 e. The molecule has 0 atom stereocenters. The Balaban J connectivity index is 1.83. The molecule has 3 aromatic rings. The summed E-state index contributed by atoms with van der Waals surface area (Å²) < 4.78 is 15.7. The first kappa shape index (κ1) is 19.8. The van der Waals surface area contributed by atoms with E-state index < -0.39 is 0 Å². The van der Waals surface area contributed by atoms with E-state index in [0.29, 0.717) is 5.82 Å². The Morgan fingerprint density at radius 1 is 1.00 bits per heavy atom. The second-order valence-electron chi connectivity index (χ2n) is 7.71. The highest BCUT2D eigenvalue weighted by Crippen LogP contribution is 2.30. The van der Waals surface area contributed by atoms with Gasteiger partial charge in [-0.05, 0) is 62.4 Å². The quantitative estimate of drug-likeness (QED) is 0.407. The number of para-hydroxylation sites is 2. The number of benzene rings is 3. The van der Waals surface area contributed by atoms with Gasteiger partial charge >= 0.3 is 0 Å². The second-order valence-corrected chi connectivity index (χ2v) is 7.71. The molecule has 5 rings (SSSR count). The van der Waals surface area contributed by atoms with Crippen molar-refractivity contribution in [1.82, 2.24) is 19.5 Å².